The number of rotatable bonds is 4. The number of aromatic nitrogens is 3. The van der Waals surface area contributed by atoms with Gasteiger partial charge in [-0.05, 0) is 25.0 Å². The molecule has 2 aromatic rings. The second-order valence-corrected chi connectivity index (χ2v) is 7.26. The van der Waals surface area contributed by atoms with Crippen molar-refractivity contribution in [3.8, 4) is 0 Å². The topological polar surface area (TPSA) is 74.2 Å². The van der Waals surface area contributed by atoms with Crippen molar-refractivity contribution in [3.05, 3.63) is 36.8 Å². The number of pyridine rings is 1. The predicted molar refractivity (Wildman–Crippen MR) is 106 cm³/mol. The van der Waals surface area contributed by atoms with Gasteiger partial charge < -0.3 is 15.1 Å². The lowest BCUT2D eigenvalue weighted by Gasteiger charge is -2.35. The van der Waals surface area contributed by atoms with Crippen LogP contribution in [0.3, 0.4) is 0 Å². The lowest BCUT2D eigenvalue weighted by atomic mass is 9.89. The minimum atomic E-state index is 0.107. The molecule has 0 atom stereocenters. The van der Waals surface area contributed by atoms with Crippen LogP contribution in [0.2, 0.25) is 0 Å². The van der Waals surface area contributed by atoms with Crippen molar-refractivity contribution in [1.82, 2.24) is 15.0 Å². The fourth-order valence-corrected chi connectivity index (χ4v) is 3.83. The first-order valence-electron chi connectivity index (χ1n) is 9.83. The zero-order valence-corrected chi connectivity index (χ0v) is 15.5. The Labute approximate surface area is 159 Å². The van der Waals surface area contributed by atoms with Crippen LogP contribution in [-0.2, 0) is 4.79 Å². The van der Waals surface area contributed by atoms with E-state index in [9.17, 15) is 4.79 Å². The van der Waals surface area contributed by atoms with E-state index in [0.717, 1.165) is 57.7 Å². The largest absolute Gasteiger partial charge is 0.353 e. The van der Waals surface area contributed by atoms with Crippen molar-refractivity contribution in [2.24, 2.45) is 5.92 Å². The van der Waals surface area contributed by atoms with Gasteiger partial charge in [0, 0.05) is 38.3 Å². The summed E-state index contributed by atoms with van der Waals surface area (Å²) in [6.45, 7) is 3.48. The molecule has 1 saturated carbocycles. The highest BCUT2D eigenvalue weighted by atomic mass is 16.1. The third-order valence-corrected chi connectivity index (χ3v) is 5.42. The SMILES string of the molecule is O=C(Nc1cnc(N2CCN(c3ccccn3)CC2)nc1)C1CCCCC1. The Morgan fingerprint density at radius 3 is 2.30 bits per heavy atom. The van der Waals surface area contributed by atoms with Gasteiger partial charge in [-0.3, -0.25) is 4.79 Å². The molecule has 7 heteroatoms. The molecule has 0 spiro atoms. The van der Waals surface area contributed by atoms with Crippen LogP contribution in [0.5, 0.6) is 0 Å². The number of carbonyl (C=O) groups excluding carboxylic acids is 1. The van der Waals surface area contributed by atoms with Crippen LogP contribution in [0.1, 0.15) is 32.1 Å². The number of amides is 1. The Bertz CT molecular complexity index is 737. The molecule has 7 nitrogen and oxygen atoms in total. The Kier molecular flexibility index (Phi) is 5.46. The number of hydrogen-bond acceptors (Lipinski definition) is 6. The van der Waals surface area contributed by atoms with Crippen LogP contribution in [0, 0.1) is 5.92 Å². The predicted octanol–water partition coefficient (Wildman–Crippen LogP) is 2.72. The Balaban J connectivity index is 1.31. The zero-order chi connectivity index (χ0) is 18.5. The van der Waals surface area contributed by atoms with Crippen molar-refractivity contribution in [2.75, 3.05) is 41.3 Å². The fraction of sp³-hybridized carbons (Fsp3) is 0.500. The van der Waals surface area contributed by atoms with E-state index in [1.807, 2.05) is 24.4 Å². The van der Waals surface area contributed by atoms with Gasteiger partial charge in [-0.25, -0.2) is 15.0 Å². The lowest BCUT2D eigenvalue weighted by Crippen LogP contribution is -2.47. The van der Waals surface area contributed by atoms with Crippen molar-refractivity contribution >= 4 is 23.4 Å². The van der Waals surface area contributed by atoms with Crippen LogP contribution >= 0.6 is 0 Å². The van der Waals surface area contributed by atoms with Crippen LogP contribution < -0.4 is 15.1 Å². The second kappa shape index (κ2) is 8.33. The summed E-state index contributed by atoms with van der Waals surface area (Å²) >= 11 is 0. The highest BCUT2D eigenvalue weighted by Gasteiger charge is 2.22. The summed E-state index contributed by atoms with van der Waals surface area (Å²) in [7, 11) is 0. The molecule has 1 aliphatic carbocycles. The van der Waals surface area contributed by atoms with E-state index >= 15 is 0 Å². The van der Waals surface area contributed by atoms with Gasteiger partial charge in [0.15, 0.2) is 0 Å². The van der Waals surface area contributed by atoms with E-state index in [2.05, 4.69) is 30.1 Å². The minimum absolute atomic E-state index is 0.107. The number of nitrogens with zero attached hydrogens (tertiary/aromatic N) is 5. The number of anilines is 3. The smallest absolute Gasteiger partial charge is 0.227 e. The van der Waals surface area contributed by atoms with E-state index < -0.39 is 0 Å². The monoisotopic (exact) mass is 366 g/mol. The molecule has 27 heavy (non-hydrogen) atoms. The van der Waals surface area contributed by atoms with E-state index in [1.165, 1.54) is 6.42 Å². The molecule has 142 valence electrons. The first-order valence-corrected chi connectivity index (χ1v) is 9.83. The average Bonchev–Trinajstić information content (AvgIpc) is 2.76. The molecule has 4 rings (SSSR count). The quantitative estimate of drug-likeness (QED) is 0.897. The number of piperazine rings is 1. The summed E-state index contributed by atoms with van der Waals surface area (Å²) in [6, 6.07) is 5.98. The van der Waals surface area contributed by atoms with Crippen molar-refractivity contribution in [1.29, 1.82) is 0 Å². The lowest BCUT2D eigenvalue weighted by molar-refractivity contribution is -0.120. The van der Waals surface area contributed by atoms with E-state index in [4.69, 9.17) is 0 Å². The van der Waals surface area contributed by atoms with Gasteiger partial charge in [0.05, 0.1) is 18.1 Å². The molecular formula is C20H26N6O. The molecule has 0 radical (unpaired) electrons. The summed E-state index contributed by atoms with van der Waals surface area (Å²) in [5.41, 5.74) is 0.682. The van der Waals surface area contributed by atoms with E-state index in [0.29, 0.717) is 11.6 Å². The van der Waals surface area contributed by atoms with Gasteiger partial charge in [-0.15, -0.1) is 0 Å². The van der Waals surface area contributed by atoms with Gasteiger partial charge >= 0.3 is 0 Å². The van der Waals surface area contributed by atoms with Crippen LogP contribution in [0.4, 0.5) is 17.5 Å². The van der Waals surface area contributed by atoms with Gasteiger partial charge in [0.1, 0.15) is 5.82 Å². The maximum atomic E-state index is 12.3. The molecule has 1 aliphatic heterocycles. The molecule has 0 unspecified atom stereocenters. The average molecular weight is 366 g/mol. The molecule has 1 N–H and O–H groups in total. The zero-order valence-electron chi connectivity index (χ0n) is 15.5. The highest BCUT2D eigenvalue weighted by Crippen LogP contribution is 2.25. The summed E-state index contributed by atoms with van der Waals surface area (Å²) in [6.07, 6.45) is 10.8. The molecule has 1 amide bonds. The minimum Gasteiger partial charge on any atom is -0.353 e. The third-order valence-electron chi connectivity index (χ3n) is 5.42. The standard InChI is InChI=1S/C20H26N6O/c27-19(16-6-2-1-3-7-16)24-17-14-22-20(23-15-17)26-12-10-25(11-13-26)18-8-4-5-9-21-18/h4-5,8-9,14-16H,1-3,6-7,10-13H2,(H,24,27). The number of nitrogens with one attached hydrogen (secondary N) is 1. The van der Waals surface area contributed by atoms with Gasteiger partial charge in [0.2, 0.25) is 11.9 Å². The number of hydrogen-bond donors (Lipinski definition) is 1. The molecule has 2 aromatic heterocycles. The van der Waals surface area contributed by atoms with Crippen LogP contribution in [-0.4, -0.2) is 47.0 Å². The molecular weight excluding hydrogens is 340 g/mol. The van der Waals surface area contributed by atoms with Crippen LogP contribution in [0.15, 0.2) is 36.8 Å². The number of carbonyl (C=O) groups is 1. The normalized spacial score (nSPS) is 18.4. The van der Waals surface area contributed by atoms with Crippen LogP contribution in [0.25, 0.3) is 0 Å². The summed E-state index contributed by atoms with van der Waals surface area (Å²) < 4.78 is 0. The molecule has 2 aliphatic rings. The van der Waals surface area contributed by atoms with E-state index in [1.54, 1.807) is 12.4 Å². The van der Waals surface area contributed by atoms with Crippen molar-refractivity contribution in [2.45, 2.75) is 32.1 Å². The Morgan fingerprint density at radius 1 is 0.926 bits per heavy atom. The van der Waals surface area contributed by atoms with Gasteiger partial charge in [-0.1, -0.05) is 25.3 Å². The van der Waals surface area contributed by atoms with Gasteiger partial charge in [-0.2, -0.15) is 0 Å². The first kappa shape index (κ1) is 17.7. The summed E-state index contributed by atoms with van der Waals surface area (Å²) in [5.74, 6) is 1.97. The first-order chi connectivity index (χ1) is 13.3. The molecule has 0 aromatic carbocycles. The fourth-order valence-electron chi connectivity index (χ4n) is 3.83. The van der Waals surface area contributed by atoms with E-state index in [-0.39, 0.29) is 11.8 Å². The Hall–Kier alpha value is -2.70. The molecule has 1 saturated heterocycles. The van der Waals surface area contributed by atoms with Crippen molar-refractivity contribution < 1.29 is 4.79 Å². The molecule has 0 bridgehead atoms. The van der Waals surface area contributed by atoms with Gasteiger partial charge in [0.25, 0.3) is 0 Å². The molecule has 2 fully saturated rings. The third kappa shape index (κ3) is 4.35. The maximum Gasteiger partial charge on any atom is 0.227 e. The second-order valence-electron chi connectivity index (χ2n) is 7.26. The highest BCUT2D eigenvalue weighted by molar-refractivity contribution is 5.92. The van der Waals surface area contributed by atoms with Crippen molar-refractivity contribution in [3.63, 3.8) is 0 Å². The maximum absolute atomic E-state index is 12.3. The summed E-state index contributed by atoms with van der Waals surface area (Å²) in [4.78, 5) is 30.1. The Morgan fingerprint density at radius 2 is 1.63 bits per heavy atom. The molecule has 3 heterocycles. The summed E-state index contributed by atoms with van der Waals surface area (Å²) in [5, 5.41) is 2.97.